The number of aliphatic hydroxyl groups excluding tert-OH is 1. The minimum absolute atomic E-state index is 0.0241. The highest BCUT2D eigenvalue weighted by Gasteiger charge is 2.20. The molecule has 6 heteroatoms. The van der Waals surface area contributed by atoms with E-state index in [4.69, 9.17) is 4.74 Å². The topological polar surface area (TPSA) is 72.8 Å². The third-order valence-corrected chi connectivity index (χ3v) is 3.64. The van der Waals surface area contributed by atoms with Gasteiger partial charge in [-0.2, -0.15) is 0 Å². The maximum Gasteiger partial charge on any atom is 0.516 e. The number of carbonyl (C=O) groups excluding carboxylic acids is 2. The molecule has 1 aromatic rings. The molecule has 1 rings (SSSR count). The largest absolute Gasteiger partial charge is 0.516 e. The third kappa shape index (κ3) is 5.87. The number of benzene rings is 1. The average Bonchev–Trinajstić information content (AvgIpc) is 2.43. The van der Waals surface area contributed by atoms with Crippen LogP contribution in [-0.2, 0) is 20.9 Å². The monoisotopic (exact) mass is 392 g/mol. The smallest absolute Gasteiger partial charge is 0.429 e. The fourth-order valence-corrected chi connectivity index (χ4v) is 1.99. The minimum Gasteiger partial charge on any atom is -0.429 e. The SMILES string of the molecule is CCCCC(O)C(=O)OC(=O)OCc1ccccc1I. The first-order valence-electron chi connectivity index (χ1n) is 6.34. The Morgan fingerprint density at radius 2 is 2.05 bits per heavy atom. The molecule has 0 saturated heterocycles. The fraction of sp³-hybridized carbons (Fsp3) is 0.429. The number of aliphatic hydroxyl groups is 1. The van der Waals surface area contributed by atoms with Gasteiger partial charge in [0.15, 0.2) is 6.10 Å². The molecule has 0 spiro atoms. The summed E-state index contributed by atoms with van der Waals surface area (Å²) in [6.07, 6.45) is -0.557. The van der Waals surface area contributed by atoms with E-state index in [9.17, 15) is 14.7 Å². The Bertz CT molecular complexity index is 461. The lowest BCUT2D eigenvalue weighted by Gasteiger charge is -2.09. The third-order valence-electron chi connectivity index (χ3n) is 2.59. The van der Waals surface area contributed by atoms with Crippen molar-refractivity contribution < 1.29 is 24.2 Å². The van der Waals surface area contributed by atoms with Gasteiger partial charge >= 0.3 is 12.1 Å². The van der Waals surface area contributed by atoms with E-state index in [0.29, 0.717) is 6.42 Å². The summed E-state index contributed by atoms with van der Waals surface area (Å²) in [4.78, 5) is 22.7. The maximum absolute atomic E-state index is 11.4. The zero-order chi connectivity index (χ0) is 15.0. The summed E-state index contributed by atoms with van der Waals surface area (Å²) < 4.78 is 10.2. The van der Waals surface area contributed by atoms with E-state index in [2.05, 4.69) is 27.3 Å². The van der Waals surface area contributed by atoms with Gasteiger partial charge in [-0.25, -0.2) is 9.59 Å². The minimum atomic E-state index is -1.28. The number of hydrogen-bond donors (Lipinski definition) is 1. The highest BCUT2D eigenvalue weighted by Crippen LogP contribution is 2.13. The number of hydrogen-bond acceptors (Lipinski definition) is 5. The van der Waals surface area contributed by atoms with Crippen LogP contribution in [0.5, 0.6) is 0 Å². The fourth-order valence-electron chi connectivity index (χ4n) is 1.45. The number of rotatable bonds is 6. The van der Waals surface area contributed by atoms with E-state index in [1.165, 1.54) is 0 Å². The van der Waals surface area contributed by atoms with E-state index in [0.717, 1.165) is 15.6 Å². The molecule has 5 nitrogen and oxygen atoms in total. The molecule has 1 unspecified atom stereocenters. The maximum atomic E-state index is 11.4. The van der Waals surface area contributed by atoms with Crippen molar-refractivity contribution in [2.24, 2.45) is 0 Å². The number of halogens is 1. The number of ether oxygens (including phenoxy) is 2. The van der Waals surface area contributed by atoms with E-state index < -0.39 is 18.2 Å². The Hall–Kier alpha value is -1.15. The molecule has 0 aromatic heterocycles. The van der Waals surface area contributed by atoms with Gasteiger partial charge in [-0.15, -0.1) is 0 Å². The Balaban J connectivity index is 2.37. The highest BCUT2D eigenvalue weighted by atomic mass is 127. The van der Waals surface area contributed by atoms with Crippen LogP contribution in [0.3, 0.4) is 0 Å². The first kappa shape index (κ1) is 16.9. The molecule has 1 N–H and O–H groups in total. The van der Waals surface area contributed by atoms with E-state index in [1.54, 1.807) is 0 Å². The quantitative estimate of drug-likeness (QED) is 0.458. The molecule has 110 valence electrons. The van der Waals surface area contributed by atoms with Crippen molar-refractivity contribution in [3.63, 3.8) is 0 Å². The lowest BCUT2D eigenvalue weighted by Crippen LogP contribution is -2.26. The van der Waals surface area contributed by atoms with Gasteiger partial charge in [0, 0.05) is 9.13 Å². The molecular weight excluding hydrogens is 375 g/mol. The molecule has 0 fully saturated rings. The second-order valence-electron chi connectivity index (χ2n) is 4.21. The van der Waals surface area contributed by atoms with E-state index >= 15 is 0 Å². The normalized spacial score (nSPS) is 11.8. The second kappa shape index (κ2) is 8.91. The molecule has 0 aliphatic carbocycles. The molecule has 1 atom stereocenters. The summed E-state index contributed by atoms with van der Waals surface area (Å²) >= 11 is 2.12. The predicted octanol–water partition coefficient (Wildman–Crippen LogP) is 3.02. The zero-order valence-electron chi connectivity index (χ0n) is 11.2. The summed E-state index contributed by atoms with van der Waals surface area (Å²) in [7, 11) is 0. The van der Waals surface area contributed by atoms with Gasteiger partial charge in [0.2, 0.25) is 0 Å². The summed E-state index contributed by atoms with van der Waals surface area (Å²) in [5, 5.41) is 9.44. The first-order chi connectivity index (χ1) is 9.54. The zero-order valence-corrected chi connectivity index (χ0v) is 13.3. The van der Waals surface area contributed by atoms with Crippen LogP contribution in [0, 0.1) is 3.57 Å². The molecule has 0 amide bonds. The van der Waals surface area contributed by atoms with E-state index in [1.807, 2.05) is 31.2 Å². The summed E-state index contributed by atoms with van der Waals surface area (Å²) in [6.45, 7) is 1.96. The van der Waals surface area contributed by atoms with Gasteiger partial charge in [0.1, 0.15) is 6.61 Å². The first-order valence-corrected chi connectivity index (χ1v) is 7.42. The van der Waals surface area contributed by atoms with Crippen LogP contribution in [-0.4, -0.2) is 23.3 Å². The Labute approximate surface area is 131 Å². The Kier molecular flexibility index (Phi) is 7.53. The van der Waals surface area contributed by atoms with Gasteiger partial charge < -0.3 is 14.6 Å². The van der Waals surface area contributed by atoms with Crippen molar-refractivity contribution in [3.8, 4) is 0 Å². The van der Waals surface area contributed by atoms with Gasteiger partial charge in [-0.3, -0.25) is 0 Å². The molecule has 0 aliphatic rings. The highest BCUT2D eigenvalue weighted by molar-refractivity contribution is 14.1. The molecule has 0 saturated carbocycles. The molecule has 0 bridgehead atoms. The van der Waals surface area contributed by atoms with Gasteiger partial charge in [-0.1, -0.05) is 38.0 Å². The number of carbonyl (C=O) groups is 2. The molecule has 20 heavy (non-hydrogen) atoms. The standard InChI is InChI=1S/C14H17IO5/c1-2-3-8-12(16)13(17)20-14(18)19-9-10-6-4-5-7-11(10)15/h4-7,12,16H,2-3,8-9H2,1H3. The van der Waals surface area contributed by atoms with Crippen LogP contribution in [0.25, 0.3) is 0 Å². The molecule has 0 aliphatic heterocycles. The summed E-state index contributed by atoms with van der Waals surface area (Å²) in [5.74, 6) is -0.966. The second-order valence-corrected chi connectivity index (χ2v) is 5.37. The van der Waals surface area contributed by atoms with Gasteiger partial charge in [-0.05, 0) is 35.1 Å². The predicted molar refractivity (Wildman–Crippen MR) is 81.0 cm³/mol. The molecule has 1 aromatic carbocycles. The van der Waals surface area contributed by atoms with Gasteiger partial charge in [0.05, 0.1) is 0 Å². The van der Waals surface area contributed by atoms with Crippen molar-refractivity contribution in [1.29, 1.82) is 0 Å². The van der Waals surface area contributed by atoms with Crippen LogP contribution < -0.4 is 0 Å². The van der Waals surface area contributed by atoms with Crippen LogP contribution in [0.1, 0.15) is 31.7 Å². The number of esters is 1. The van der Waals surface area contributed by atoms with E-state index in [-0.39, 0.29) is 13.0 Å². The van der Waals surface area contributed by atoms with Crippen molar-refractivity contribution in [2.45, 2.75) is 38.9 Å². The Morgan fingerprint density at radius 3 is 2.70 bits per heavy atom. The van der Waals surface area contributed by atoms with Crippen molar-refractivity contribution >= 4 is 34.7 Å². The van der Waals surface area contributed by atoms with Crippen LogP contribution in [0.2, 0.25) is 0 Å². The Morgan fingerprint density at radius 1 is 1.35 bits per heavy atom. The molecular formula is C14H17IO5. The van der Waals surface area contributed by atoms with Crippen molar-refractivity contribution in [2.75, 3.05) is 0 Å². The van der Waals surface area contributed by atoms with Gasteiger partial charge in [0.25, 0.3) is 0 Å². The lowest BCUT2D eigenvalue weighted by atomic mass is 10.2. The average molecular weight is 392 g/mol. The summed E-state index contributed by atoms with van der Waals surface area (Å²) in [5.41, 5.74) is 0.823. The van der Waals surface area contributed by atoms with Crippen LogP contribution in [0.4, 0.5) is 4.79 Å². The number of unbranched alkanes of at least 4 members (excludes halogenated alkanes) is 1. The van der Waals surface area contributed by atoms with Crippen molar-refractivity contribution in [3.05, 3.63) is 33.4 Å². The lowest BCUT2D eigenvalue weighted by molar-refractivity contribution is -0.149. The molecule has 0 heterocycles. The van der Waals surface area contributed by atoms with Crippen molar-refractivity contribution in [1.82, 2.24) is 0 Å². The summed E-state index contributed by atoms with van der Waals surface area (Å²) in [6, 6.07) is 7.39. The van der Waals surface area contributed by atoms with Crippen LogP contribution >= 0.6 is 22.6 Å². The molecule has 0 radical (unpaired) electrons. The van der Waals surface area contributed by atoms with Crippen LogP contribution in [0.15, 0.2) is 24.3 Å².